The Morgan fingerprint density at radius 2 is 1.89 bits per heavy atom. The number of anilines is 2. The monoisotopic (exact) mass is 393 g/mol. The van der Waals surface area contributed by atoms with Crippen LogP contribution in [0.1, 0.15) is 12.0 Å². The standard InChI is InChI=1S/C18H14F3N3O4/c19-18(20,21)12-4-3-5-13(9-12)23-10-11(8-16(23)25)17(26)22-14-6-1-2-7-15(14)24(27)28/h1-7,9,11H,8,10H2,(H,22,26)/t11-/m1/s1. The lowest BCUT2D eigenvalue weighted by atomic mass is 10.1. The van der Waals surface area contributed by atoms with Crippen molar-refractivity contribution in [3.8, 4) is 0 Å². The second-order valence-electron chi connectivity index (χ2n) is 6.22. The fraction of sp³-hybridized carbons (Fsp3) is 0.222. The quantitative estimate of drug-likeness (QED) is 0.635. The van der Waals surface area contributed by atoms with Crippen LogP contribution in [0.15, 0.2) is 48.5 Å². The molecular weight excluding hydrogens is 379 g/mol. The molecule has 1 saturated heterocycles. The predicted molar refractivity (Wildman–Crippen MR) is 93.6 cm³/mol. The molecule has 0 radical (unpaired) electrons. The number of hydrogen-bond acceptors (Lipinski definition) is 4. The van der Waals surface area contributed by atoms with Gasteiger partial charge in [-0.25, -0.2) is 0 Å². The summed E-state index contributed by atoms with van der Waals surface area (Å²) in [4.78, 5) is 36.2. The van der Waals surface area contributed by atoms with Gasteiger partial charge in [-0.15, -0.1) is 0 Å². The van der Waals surface area contributed by atoms with Crippen molar-refractivity contribution in [3.05, 3.63) is 64.2 Å². The number of halogens is 3. The Hall–Kier alpha value is -3.43. The van der Waals surface area contributed by atoms with Crippen LogP contribution in [0.2, 0.25) is 0 Å². The van der Waals surface area contributed by atoms with Gasteiger partial charge in [-0.1, -0.05) is 18.2 Å². The van der Waals surface area contributed by atoms with Crippen molar-refractivity contribution < 1.29 is 27.7 Å². The van der Waals surface area contributed by atoms with E-state index in [4.69, 9.17) is 0 Å². The van der Waals surface area contributed by atoms with Gasteiger partial charge in [0.25, 0.3) is 5.69 Å². The first-order valence-electron chi connectivity index (χ1n) is 8.18. The zero-order valence-electron chi connectivity index (χ0n) is 14.3. The van der Waals surface area contributed by atoms with Crippen LogP contribution in [-0.4, -0.2) is 23.3 Å². The van der Waals surface area contributed by atoms with Crippen LogP contribution in [0.3, 0.4) is 0 Å². The summed E-state index contributed by atoms with van der Waals surface area (Å²) in [7, 11) is 0. The summed E-state index contributed by atoms with van der Waals surface area (Å²) in [6, 6.07) is 9.83. The number of para-hydroxylation sites is 2. The number of carbonyl (C=O) groups excluding carboxylic acids is 2. The third-order valence-electron chi connectivity index (χ3n) is 4.34. The highest BCUT2D eigenvalue weighted by Gasteiger charge is 2.37. The van der Waals surface area contributed by atoms with E-state index in [0.29, 0.717) is 0 Å². The van der Waals surface area contributed by atoms with Crippen molar-refractivity contribution >= 4 is 28.9 Å². The maximum Gasteiger partial charge on any atom is 0.416 e. The second-order valence-corrected chi connectivity index (χ2v) is 6.22. The number of hydrogen-bond donors (Lipinski definition) is 1. The number of nitrogens with zero attached hydrogens (tertiary/aromatic N) is 2. The summed E-state index contributed by atoms with van der Waals surface area (Å²) in [5.41, 5.74) is -1.16. The molecule has 0 bridgehead atoms. The van der Waals surface area contributed by atoms with Gasteiger partial charge in [-0.05, 0) is 24.3 Å². The molecule has 1 N–H and O–H groups in total. The average molecular weight is 393 g/mol. The fourth-order valence-corrected chi connectivity index (χ4v) is 2.96. The Labute approximate surface area is 156 Å². The zero-order valence-corrected chi connectivity index (χ0v) is 14.3. The Morgan fingerprint density at radius 3 is 2.57 bits per heavy atom. The maximum absolute atomic E-state index is 12.9. The number of nitro groups is 1. The minimum absolute atomic E-state index is 0.0116. The molecule has 2 aromatic rings. The molecule has 0 saturated carbocycles. The molecule has 0 spiro atoms. The molecule has 146 valence electrons. The van der Waals surface area contributed by atoms with Crippen LogP contribution in [0.5, 0.6) is 0 Å². The molecule has 1 heterocycles. The van der Waals surface area contributed by atoms with E-state index < -0.39 is 34.4 Å². The molecule has 10 heteroatoms. The van der Waals surface area contributed by atoms with Gasteiger partial charge in [0, 0.05) is 24.7 Å². The molecule has 1 fully saturated rings. The molecule has 7 nitrogen and oxygen atoms in total. The minimum atomic E-state index is -4.55. The van der Waals surface area contributed by atoms with Gasteiger partial charge in [0.05, 0.1) is 16.4 Å². The van der Waals surface area contributed by atoms with Crippen molar-refractivity contribution in [1.29, 1.82) is 0 Å². The van der Waals surface area contributed by atoms with Crippen LogP contribution in [0, 0.1) is 16.0 Å². The van der Waals surface area contributed by atoms with E-state index in [-0.39, 0.29) is 30.0 Å². The lowest BCUT2D eigenvalue weighted by molar-refractivity contribution is -0.383. The average Bonchev–Trinajstić information content (AvgIpc) is 3.03. The summed E-state index contributed by atoms with van der Waals surface area (Å²) in [6.45, 7) is -0.118. The lowest BCUT2D eigenvalue weighted by Crippen LogP contribution is -2.28. The molecule has 2 aromatic carbocycles. The fourth-order valence-electron chi connectivity index (χ4n) is 2.96. The summed E-state index contributed by atoms with van der Waals surface area (Å²) in [6.07, 6.45) is -4.76. The molecule has 1 aliphatic heterocycles. The first-order chi connectivity index (χ1) is 13.2. The van der Waals surface area contributed by atoms with Crippen LogP contribution >= 0.6 is 0 Å². The van der Waals surface area contributed by atoms with Crippen molar-refractivity contribution in [2.24, 2.45) is 5.92 Å². The highest BCUT2D eigenvalue weighted by Crippen LogP contribution is 2.34. The lowest BCUT2D eigenvalue weighted by Gasteiger charge is -2.18. The van der Waals surface area contributed by atoms with Crippen molar-refractivity contribution in [2.75, 3.05) is 16.8 Å². The maximum atomic E-state index is 12.9. The predicted octanol–water partition coefficient (Wildman–Crippen LogP) is 3.61. The summed E-state index contributed by atoms with van der Waals surface area (Å²) in [5.74, 6) is -1.96. The van der Waals surface area contributed by atoms with Gasteiger partial charge in [0.1, 0.15) is 5.69 Å². The molecule has 0 aliphatic carbocycles. The molecule has 2 amide bonds. The first kappa shape index (κ1) is 19.3. The summed E-state index contributed by atoms with van der Waals surface area (Å²) < 4.78 is 38.6. The topological polar surface area (TPSA) is 92.5 Å². The smallest absolute Gasteiger partial charge is 0.320 e. The van der Waals surface area contributed by atoms with Crippen molar-refractivity contribution in [1.82, 2.24) is 0 Å². The van der Waals surface area contributed by atoms with E-state index in [1.165, 1.54) is 36.4 Å². The first-order valence-corrected chi connectivity index (χ1v) is 8.18. The van der Waals surface area contributed by atoms with Crippen molar-refractivity contribution in [2.45, 2.75) is 12.6 Å². The molecule has 3 rings (SSSR count). The third kappa shape index (κ3) is 3.95. The number of benzene rings is 2. The largest absolute Gasteiger partial charge is 0.416 e. The number of nitro benzene ring substituents is 1. The van der Waals surface area contributed by atoms with Gasteiger partial charge < -0.3 is 10.2 Å². The summed E-state index contributed by atoms with van der Waals surface area (Å²) >= 11 is 0. The van der Waals surface area contributed by atoms with Crippen LogP contribution < -0.4 is 10.2 Å². The van der Waals surface area contributed by atoms with E-state index in [0.717, 1.165) is 17.0 Å². The van der Waals surface area contributed by atoms with E-state index in [1.54, 1.807) is 0 Å². The third-order valence-corrected chi connectivity index (χ3v) is 4.34. The van der Waals surface area contributed by atoms with Gasteiger partial charge in [-0.2, -0.15) is 13.2 Å². The van der Waals surface area contributed by atoms with Crippen LogP contribution in [-0.2, 0) is 15.8 Å². The van der Waals surface area contributed by atoms with Gasteiger partial charge >= 0.3 is 6.18 Å². The normalized spacial score (nSPS) is 16.9. The highest BCUT2D eigenvalue weighted by molar-refractivity contribution is 6.04. The number of alkyl halides is 3. The molecule has 28 heavy (non-hydrogen) atoms. The zero-order chi connectivity index (χ0) is 20.5. The molecule has 0 aromatic heterocycles. The minimum Gasteiger partial charge on any atom is -0.320 e. The Bertz CT molecular complexity index is 946. The van der Waals surface area contributed by atoms with Crippen molar-refractivity contribution in [3.63, 3.8) is 0 Å². The van der Waals surface area contributed by atoms with E-state index in [1.807, 2.05) is 0 Å². The van der Waals surface area contributed by atoms with Gasteiger partial charge in [0.15, 0.2) is 0 Å². The van der Waals surface area contributed by atoms with Crippen LogP contribution in [0.25, 0.3) is 0 Å². The van der Waals surface area contributed by atoms with Gasteiger partial charge in [0.2, 0.25) is 11.8 Å². The van der Waals surface area contributed by atoms with Gasteiger partial charge in [-0.3, -0.25) is 19.7 Å². The van der Waals surface area contributed by atoms with E-state index in [9.17, 15) is 32.9 Å². The Kier molecular flexibility index (Phi) is 5.04. The van der Waals surface area contributed by atoms with E-state index >= 15 is 0 Å². The number of amides is 2. The molecule has 1 aliphatic rings. The molecular formula is C18H14F3N3O4. The number of rotatable bonds is 4. The SMILES string of the molecule is O=C(Nc1ccccc1[N+](=O)[O-])[C@@H]1CC(=O)N(c2cccc(C(F)(F)F)c2)C1. The molecule has 1 atom stereocenters. The Balaban J connectivity index is 1.76. The number of carbonyl (C=O) groups is 2. The summed E-state index contributed by atoms with van der Waals surface area (Å²) in [5, 5.41) is 13.4. The number of nitrogens with one attached hydrogen (secondary N) is 1. The molecule has 0 unspecified atom stereocenters. The van der Waals surface area contributed by atoms with E-state index in [2.05, 4.69) is 5.32 Å². The highest BCUT2D eigenvalue weighted by atomic mass is 19.4. The second kappa shape index (κ2) is 7.29. The Morgan fingerprint density at radius 1 is 1.18 bits per heavy atom. The van der Waals surface area contributed by atoms with Crippen LogP contribution in [0.4, 0.5) is 30.2 Å².